The highest BCUT2D eigenvalue weighted by molar-refractivity contribution is 6.31. The van der Waals surface area contributed by atoms with Crippen molar-refractivity contribution in [1.29, 1.82) is 0 Å². The highest BCUT2D eigenvalue weighted by Gasteiger charge is 2.10. The van der Waals surface area contributed by atoms with E-state index in [4.69, 9.17) is 17.3 Å². The quantitative estimate of drug-likeness (QED) is 0.806. The fourth-order valence-electron chi connectivity index (χ4n) is 1.28. The van der Waals surface area contributed by atoms with Gasteiger partial charge in [-0.15, -0.1) is 0 Å². The number of hydrogen-bond donors (Lipinski definition) is 1. The third-order valence-electron chi connectivity index (χ3n) is 2.14. The molecule has 2 N–H and O–H groups in total. The number of halogens is 1. The standard InChI is InChI=1S/C9H16ClN3/c1-3-13-9(4-7(2)5-11)8(10)6-12-13/h6-7H,3-5,11H2,1-2H3. The van der Waals surface area contributed by atoms with Gasteiger partial charge < -0.3 is 5.73 Å². The first-order valence-electron chi connectivity index (χ1n) is 4.59. The van der Waals surface area contributed by atoms with Crippen LogP contribution in [-0.2, 0) is 13.0 Å². The Bertz CT molecular complexity index is 270. The van der Waals surface area contributed by atoms with Crippen molar-refractivity contribution in [3.63, 3.8) is 0 Å². The van der Waals surface area contributed by atoms with Crippen LogP contribution in [0.15, 0.2) is 6.20 Å². The summed E-state index contributed by atoms with van der Waals surface area (Å²) in [5, 5.41) is 4.92. The maximum absolute atomic E-state index is 6.00. The van der Waals surface area contributed by atoms with Crippen LogP contribution >= 0.6 is 11.6 Å². The summed E-state index contributed by atoms with van der Waals surface area (Å²) in [6, 6.07) is 0. The van der Waals surface area contributed by atoms with Gasteiger partial charge in [-0.25, -0.2) is 0 Å². The molecule has 1 unspecified atom stereocenters. The van der Waals surface area contributed by atoms with E-state index in [0.29, 0.717) is 12.5 Å². The molecule has 1 heterocycles. The van der Waals surface area contributed by atoms with E-state index in [2.05, 4.69) is 18.9 Å². The van der Waals surface area contributed by atoms with Crippen LogP contribution in [0.25, 0.3) is 0 Å². The number of hydrogen-bond acceptors (Lipinski definition) is 2. The van der Waals surface area contributed by atoms with Gasteiger partial charge in [0.2, 0.25) is 0 Å². The maximum Gasteiger partial charge on any atom is 0.0817 e. The zero-order valence-corrected chi connectivity index (χ0v) is 8.88. The Morgan fingerprint density at radius 3 is 2.92 bits per heavy atom. The van der Waals surface area contributed by atoms with Crippen LogP contribution in [-0.4, -0.2) is 16.3 Å². The predicted octanol–water partition coefficient (Wildman–Crippen LogP) is 1.69. The SMILES string of the molecule is CCn1ncc(Cl)c1CC(C)CN. The predicted molar refractivity (Wildman–Crippen MR) is 54.8 cm³/mol. The maximum atomic E-state index is 6.00. The Kier molecular flexibility index (Phi) is 3.75. The Morgan fingerprint density at radius 1 is 1.69 bits per heavy atom. The molecule has 0 radical (unpaired) electrons. The molecule has 0 aliphatic rings. The molecule has 0 spiro atoms. The van der Waals surface area contributed by atoms with Crippen molar-refractivity contribution in [2.45, 2.75) is 26.8 Å². The van der Waals surface area contributed by atoms with Crippen LogP contribution < -0.4 is 5.73 Å². The average Bonchev–Trinajstić information content (AvgIpc) is 2.48. The summed E-state index contributed by atoms with van der Waals surface area (Å²) < 4.78 is 1.93. The molecule has 0 amide bonds. The molecule has 0 aromatic carbocycles. The van der Waals surface area contributed by atoms with E-state index in [1.807, 2.05) is 4.68 Å². The number of rotatable bonds is 4. The minimum atomic E-state index is 0.458. The molecule has 0 aliphatic carbocycles. The van der Waals surface area contributed by atoms with Crippen LogP contribution in [0.4, 0.5) is 0 Å². The molecule has 0 aliphatic heterocycles. The number of nitrogens with two attached hydrogens (primary N) is 1. The molecule has 1 aromatic rings. The van der Waals surface area contributed by atoms with Gasteiger partial charge in [0.15, 0.2) is 0 Å². The normalized spacial score (nSPS) is 13.2. The van der Waals surface area contributed by atoms with E-state index < -0.39 is 0 Å². The van der Waals surface area contributed by atoms with Crippen molar-refractivity contribution < 1.29 is 0 Å². The molecule has 0 bridgehead atoms. The lowest BCUT2D eigenvalue weighted by Crippen LogP contribution is -2.15. The van der Waals surface area contributed by atoms with Gasteiger partial charge in [-0.05, 0) is 25.8 Å². The average molecular weight is 202 g/mol. The van der Waals surface area contributed by atoms with Gasteiger partial charge in [0.25, 0.3) is 0 Å². The first kappa shape index (κ1) is 10.5. The van der Waals surface area contributed by atoms with Gasteiger partial charge in [-0.1, -0.05) is 18.5 Å². The van der Waals surface area contributed by atoms with Crippen LogP contribution in [0.3, 0.4) is 0 Å². The summed E-state index contributed by atoms with van der Waals surface area (Å²) in [6.07, 6.45) is 2.60. The third-order valence-corrected chi connectivity index (χ3v) is 2.46. The van der Waals surface area contributed by atoms with Gasteiger partial charge in [0, 0.05) is 6.54 Å². The highest BCUT2D eigenvalue weighted by atomic mass is 35.5. The van der Waals surface area contributed by atoms with Gasteiger partial charge >= 0.3 is 0 Å². The molecule has 3 nitrogen and oxygen atoms in total. The van der Waals surface area contributed by atoms with Crippen molar-refractivity contribution in [2.24, 2.45) is 11.7 Å². The minimum Gasteiger partial charge on any atom is -0.330 e. The minimum absolute atomic E-state index is 0.458. The molecule has 4 heteroatoms. The lowest BCUT2D eigenvalue weighted by molar-refractivity contribution is 0.538. The van der Waals surface area contributed by atoms with E-state index in [9.17, 15) is 0 Å². The monoisotopic (exact) mass is 201 g/mol. The van der Waals surface area contributed by atoms with Gasteiger partial charge in [0.1, 0.15) is 0 Å². The van der Waals surface area contributed by atoms with Crippen molar-refractivity contribution in [2.75, 3.05) is 6.54 Å². The smallest absolute Gasteiger partial charge is 0.0817 e. The van der Waals surface area contributed by atoms with Crippen LogP contribution in [0, 0.1) is 5.92 Å². The molecule has 1 rings (SSSR count). The molecule has 1 aromatic heterocycles. The summed E-state index contributed by atoms with van der Waals surface area (Å²) in [7, 11) is 0. The Balaban J connectivity index is 2.79. The molecule has 13 heavy (non-hydrogen) atoms. The largest absolute Gasteiger partial charge is 0.330 e. The number of nitrogens with zero attached hydrogens (tertiary/aromatic N) is 2. The molecule has 0 saturated carbocycles. The molecule has 74 valence electrons. The summed E-state index contributed by atoms with van der Waals surface area (Å²) >= 11 is 6.00. The highest BCUT2D eigenvalue weighted by Crippen LogP contribution is 2.18. The lowest BCUT2D eigenvalue weighted by atomic mass is 10.1. The van der Waals surface area contributed by atoms with Crippen molar-refractivity contribution in [3.8, 4) is 0 Å². The molecule has 0 fully saturated rings. The van der Waals surface area contributed by atoms with E-state index in [1.165, 1.54) is 0 Å². The van der Waals surface area contributed by atoms with E-state index in [0.717, 1.165) is 23.7 Å². The lowest BCUT2D eigenvalue weighted by Gasteiger charge is -2.10. The fraction of sp³-hybridized carbons (Fsp3) is 0.667. The summed E-state index contributed by atoms with van der Waals surface area (Å²) in [5.74, 6) is 0.458. The van der Waals surface area contributed by atoms with Crippen LogP contribution in [0.2, 0.25) is 5.02 Å². The first-order chi connectivity index (χ1) is 6.19. The van der Waals surface area contributed by atoms with Gasteiger partial charge in [-0.3, -0.25) is 4.68 Å². The second-order valence-corrected chi connectivity index (χ2v) is 3.71. The first-order valence-corrected chi connectivity index (χ1v) is 4.97. The van der Waals surface area contributed by atoms with Gasteiger partial charge in [-0.2, -0.15) is 5.10 Å². The van der Waals surface area contributed by atoms with E-state index >= 15 is 0 Å². The summed E-state index contributed by atoms with van der Waals surface area (Å²) in [5.41, 5.74) is 6.66. The van der Waals surface area contributed by atoms with Crippen molar-refractivity contribution >= 4 is 11.6 Å². The Labute approximate surface area is 83.9 Å². The molecular weight excluding hydrogens is 186 g/mol. The second kappa shape index (κ2) is 4.63. The molecule has 1 atom stereocenters. The topological polar surface area (TPSA) is 43.8 Å². The molecular formula is C9H16ClN3. The number of aryl methyl sites for hydroxylation is 1. The van der Waals surface area contributed by atoms with Crippen LogP contribution in [0.1, 0.15) is 19.5 Å². The zero-order chi connectivity index (χ0) is 9.84. The summed E-state index contributed by atoms with van der Waals surface area (Å²) in [4.78, 5) is 0. The Hall–Kier alpha value is -0.540. The Morgan fingerprint density at radius 2 is 2.38 bits per heavy atom. The third kappa shape index (κ3) is 2.45. The summed E-state index contributed by atoms with van der Waals surface area (Å²) in [6.45, 7) is 5.72. The van der Waals surface area contributed by atoms with Crippen molar-refractivity contribution in [3.05, 3.63) is 16.9 Å². The zero-order valence-electron chi connectivity index (χ0n) is 8.13. The van der Waals surface area contributed by atoms with E-state index in [-0.39, 0.29) is 0 Å². The fourth-order valence-corrected chi connectivity index (χ4v) is 1.50. The van der Waals surface area contributed by atoms with Gasteiger partial charge in [0.05, 0.1) is 16.9 Å². The second-order valence-electron chi connectivity index (χ2n) is 3.30. The van der Waals surface area contributed by atoms with E-state index in [1.54, 1.807) is 6.20 Å². The van der Waals surface area contributed by atoms with Crippen LogP contribution in [0.5, 0.6) is 0 Å². The molecule has 0 saturated heterocycles. The number of aromatic nitrogens is 2. The van der Waals surface area contributed by atoms with Crippen molar-refractivity contribution in [1.82, 2.24) is 9.78 Å².